The molecule has 1 N–H and O–H groups in total. The van der Waals surface area contributed by atoms with Crippen molar-refractivity contribution in [3.05, 3.63) is 106 Å². The molecule has 2 aliphatic heterocycles. The summed E-state index contributed by atoms with van der Waals surface area (Å²) in [5.41, 5.74) is 6.37. The topological polar surface area (TPSA) is 40.5 Å². The first kappa shape index (κ1) is 22.1. The van der Waals surface area contributed by atoms with Crippen molar-refractivity contribution < 1.29 is 9.18 Å². The first-order valence-electron chi connectivity index (χ1n) is 11.9. The third-order valence-corrected chi connectivity index (χ3v) is 8.26. The van der Waals surface area contributed by atoms with E-state index >= 15 is 0 Å². The van der Waals surface area contributed by atoms with Crippen molar-refractivity contribution >= 4 is 23.1 Å². The smallest absolute Gasteiger partial charge is 0.310 e. The van der Waals surface area contributed by atoms with Crippen molar-refractivity contribution in [2.45, 2.75) is 32.5 Å². The Kier molecular flexibility index (Phi) is 5.46. The second kappa shape index (κ2) is 8.66. The van der Waals surface area contributed by atoms with Gasteiger partial charge in [-0.15, -0.1) is 11.3 Å². The molecule has 4 aromatic rings. The number of urea groups is 1. The summed E-state index contributed by atoms with van der Waals surface area (Å²) in [5.74, 6) is -0.286. The van der Waals surface area contributed by atoms with Crippen LogP contribution in [0.3, 0.4) is 0 Å². The van der Waals surface area contributed by atoms with E-state index < -0.39 is 0 Å². The molecule has 0 fully saturated rings. The SMILES string of the molecule is Cc1ccc(NC(=O)N2Cc3c(sc4c3CCN(C)C4)-n3cccc3C2c2ccc(F)cc2)cc1. The molecule has 0 bridgehead atoms. The fourth-order valence-corrected chi connectivity index (χ4v) is 6.62. The molecular weight excluding hydrogens is 459 g/mol. The largest absolute Gasteiger partial charge is 0.322 e. The summed E-state index contributed by atoms with van der Waals surface area (Å²) >= 11 is 1.82. The number of carbonyl (C=O) groups is 1. The molecule has 6 rings (SSSR count). The van der Waals surface area contributed by atoms with Crippen LogP contribution in [0.25, 0.3) is 5.00 Å². The molecule has 0 aliphatic carbocycles. The maximum atomic E-state index is 13.9. The van der Waals surface area contributed by atoms with Crippen LogP contribution in [-0.4, -0.2) is 34.0 Å². The van der Waals surface area contributed by atoms with Crippen LogP contribution in [0.4, 0.5) is 14.9 Å². The molecule has 4 heterocycles. The predicted molar refractivity (Wildman–Crippen MR) is 138 cm³/mol. The summed E-state index contributed by atoms with van der Waals surface area (Å²) in [4.78, 5) is 19.5. The highest BCUT2D eigenvalue weighted by atomic mass is 32.1. The zero-order chi connectivity index (χ0) is 24.1. The lowest BCUT2D eigenvalue weighted by atomic mass is 10.0. The number of hydrogen-bond donors (Lipinski definition) is 1. The van der Waals surface area contributed by atoms with Crippen molar-refractivity contribution in [1.82, 2.24) is 14.4 Å². The number of carbonyl (C=O) groups excluding carboxylic acids is 1. The average Bonchev–Trinajstić information content (AvgIpc) is 3.43. The second-order valence-electron chi connectivity index (χ2n) is 9.46. The van der Waals surface area contributed by atoms with Gasteiger partial charge in [-0.05, 0) is 67.9 Å². The number of halogens is 1. The monoisotopic (exact) mass is 486 g/mol. The number of fused-ring (bicyclic) bond motifs is 5. The maximum absolute atomic E-state index is 13.9. The Morgan fingerprint density at radius 1 is 1.03 bits per heavy atom. The summed E-state index contributed by atoms with van der Waals surface area (Å²) in [6, 6.07) is 17.9. The number of rotatable bonds is 2. The zero-order valence-corrected chi connectivity index (χ0v) is 20.6. The van der Waals surface area contributed by atoms with Crippen LogP contribution in [0.2, 0.25) is 0 Å². The quantitative estimate of drug-likeness (QED) is 0.371. The minimum atomic E-state index is -0.349. The number of amides is 2. The summed E-state index contributed by atoms with van der Waals surface area (Å²) in [7, 11) is 2.15. The molecule has 178 valence electrons. The lowest BCUT2D eigenvalue weighted by Gasteiger charge is -2.32. The lowest BCUT2D eigenvalue weighted by molar-refractivity contribution is 0.194. The molecule has 5 nitrogen and oxygen atoms in total. The van der Waals surface area contributed by atoms with E-state index in [-0.39, 0.29) is 17.9 Å². The van der Waals surface area contributed by atoms with Crippen molar-refractivity contribution in [3.8, 4) is 5.00 Å². The molecule has 0 spiro atoms. The molecular formula is C28H27FN4OS. The van der Waals surface area contributed by atoms with Gasteiger partial charge in [0.25, 0.3) is 0 Å². The number of aryl methyl sites for hydroxylation is 1. The standard InChI is InChI=1S/C28H27FN4OS/c1-18-5-11-21(12-6-18)30-28(34)33-16-23-22-13-15-31(2)17-25(22)35-27(23)32-14-3-4-24(32)26(33)19-7-9-20(29)10-8-19/h3-12,14,26H,13,15-17H2,1-2H3,(H,30,34). The van der Waals surface area contributed by atoms with E-state index in [4.69, 9.17) is 0 Å². The van der Waals surface area contributed by atoms with Gasteiger partial charge in [-0.3, -0.25) is 0 Å². The normalized spacial score (nSPS) is 17.3. The second-order valence-corrected chi connectivity index (χ2v) is 10.5. The van der Waals surface area contributed by atoms with Crippen molar-refractivity contribution in [2.75, 3.05) is 18.9 Å². The number of benzene rings is 2. The van der Waals surface area contributed by atoms with Crippen LogP contribution < -0.4 is 5.32 Å². The van der Waals surface area contributed by atoms with Crippen molar-refractivity contribution in [1.29, 1.82) is 0 Å². The summed E-state index contributed by atoms with van der Waals surface area (Å²) in [5, 5.41) is 4.29. The molecule has 7 heteroatoms. The van der Waals surface area contributed by atoms with Crippen LogP contribution in [0, 0.1) is 12.7 Å². The number of thiophene rings is 1. The first-order chi connectivity index (χ1) is 17.0. The fraction of sp³-hybridized carbons (Fsp3) is 0.250. The number of nitrogens with one attached hydrogen (secondary N) is 1. The minimum absolute atomic E-state index is 0.170. The number of aromatic nitrogens is 1. The molecule has 0 saturated heterocycles. The van der Waals surface area contributed by atoms with Gasteiger partial charge in [0.1, 0.15) is 10.8 Å². The number of nitrogens with zero attached hydrogens (tertiary/aromatic N) is 3. The fourth-order valence-electron chi connectivity index (χ4n) is 5.18. The zero-order valence-electron chi connectivity index (χ0n) is 19.8. The molecule has 35 heavy (non-hydrogen) atoms. The van der Waals surface area contributed by atoms with Crippen LogP contribution >= 0.6 is 11.3 Å². The van der Waals surface area contributed by atoms with Crippen LogP contribution in [0.15, 0.2) is 66.9 Å². The Labute approximate surface area is 208 Å². The highest BCUT2D eigenvalue weighted by molar-refractivity contribution is 7.15. The first-order valence-corrected chi connectivity index (χ1v) is 12.7. The van der Waals surface area contributed by atoms with Gasteiger partial charge in [0.2, 0.25) is 0 Å². The third kappa shape index (κ3) is 3.94. The Bertz CT molecular complexity index is 1390. The molecule has 0 radical (unpaired) electrons. The van der Waals surface area contributed by atoms with E-state index in [0.717, 1.165) is 42.0 Å². The van der Waals surface area contributed by atoms with Crippen molar-refractivity contribution in [3.63, 3.8) is 0 Å². The Morgan fingerprint density at radius 3 is 2.57 bits per heavy atom. The highest BCUT2D eigenvalue weighted by Gasteiger charge is 2.36. The lowest BCUT2D eigenvalue weighted by Crippen LogP contribution is -2.38. The van der Waals surface area contributed by atoms with Crippen molar-refractivity contribution in [2.24, 2.45) is 0 Å². The van der Waals surface area contributed by atoms with Gasteiger partial charge in [0.05, 0.1) is 18.3 Å². The van der Waals surface area contributed by atoms with E-state index in [1.165, 1.54) is 33.1 Å². The molecule has 2 amide bonds. The van der Waals surface area contributed by atoms with E-state index in [9.17, 15) is 9.18 Å². The van der Waals surface area contributed by atoms with E-state index in [0.29, 0.717) is 6.54 Å². The number of anilines is 1. The van der Waals surface area contributed by atoms with E-state index in [1.807, 2.05) is 53.5 Å². The molecule has 2 aliphatic rings. The van der Waals surface area contributed by atoms with Gasteiger partial charge in [0.15, 0.2) is 0 Å². The summed E-state index contributed by atoms with van der Waals surface area (Å²) in [6.07, 6.45) is 3.06. The van der Waals surface area contributed by atoms with Gasteiger partial charge in [-0.25, -0.2) is 9.18 Å². The molecule has 2 aromatic carbocycles. The highest BCUT2D eigenvalue weighted by Crippen LogP contribution is 2.43. The van der Waals surface area contributed by atoms with E-state index in [2.05, 4.69) is 34.1 Å². The van der Waals surface area contributed by atoms with E-state index in [1.54, 1.807) is 12.1 Å². The number of likely N-dealkylation sites (N-methyl/N-ethyl adjacent to an activating group) is 1. The van der Waals surface area contributed by atoms with Crippen LogP contribution in [-0.2, 0) is 19.5 Å². The van der Waals surface area contributed by atoms with Gasteiger partial charge in [-0.2, -0.15) is 0 Å². The maximum Gasteiger partial charge on any atom is 0.322 e. The molecule has 1 unspecified atom stereocenters. The Morgan fingerprint density at radius 2 is 1.80 bits per heavy atom. The summed E-state index contributed by atoms with van der Waals surface area (Å²) in [6.45, 7) is 4.45. The Balaban J connectivity index is 1.48. The Hall–Kier alpha value is -3.42. The average molecular weight is 487 g/mol. The minimum Gasteiger partial charge on any atom is -0.310 e. The van der Waals surface area contributed by atoms with Gasteiger partial charge < -0.3 is 19.7 Å². The molecule has 0 saturated carbocycles. The predicted octanol–water partition coefficient (Wildman–Crippen LogP) is 6.11. The van der Waals surface area contributed by atoms with Gasteiger partial charge in [-0.1, -0.05) is 29.8 Å². The molecule has 2 aromatic heterocycles. The van der Waals surface area contributed by atoms with Crippen LogP contribution in [0.1, 0.15) is 38.9 Å². The molecule has 1 atom stereocenters. The number of hydrogen-bond acceptors (Lipinski definition) is 3. The van der Waals surface area contributed by atoms with Crippen LogP contribution in [0.5, 0.6) is 0 Å². The third-order valence-electron chi connectivity index (χ3n) is 7.00. The van der Waals surface area contributed by atoms with Gasteiger partial charge in [0, 0.05) is 35.4 Å². The summed E-state index contributed by atoms with van der Waals surface area (Å²) < 4.78 is 16.1. The van der Waals surface area contributed by atoms with Gasteiger partial charge >= 0.3 is 6.03 Å².